The predicted octanol–water partition coefficient (Wildman–Crippen LogP) is 2.72. The Morgan fingerprint density at radius 1 is 1.26 bits per heavy atom. The number of hydrogen-bond donors (Lipinski definition) is 2. The molecule has 0 atom stereocenters. The molecule has 1 saturated heterocycles. The Balaban J connectivity index is 1.56. The molecule has 1 fully saturated rings. The number of benzene rings is 1. The maximum absolute atomic E-state index is 11.6. The smallest absolute Gasteiger partial charge is 0.319 e. The summed E-state index contributed by atoms with van der Waals surface area (Å²) in [6.45, 7) is 2.44. The van der Waals surface area contributed by atoms with Crippen molar-refractivity contribution in [2.45, 2.75) is 18.1 Å². The zero-order valence-electron chi connectivity index (χ0n) is 10.9. The highest BCUT2D eigenvalue weighted by molar-refractivity contribution is 7.99. The van der Waals surface area contributed by atoms with Gasteiger partial charge >= 0.3 is 6.03 Å². The zero-order valence-corrected chi connectivity index (χ0v) is 11.7. The van der Waals surface area contributed by atoms with E-state index in [4.69, 9.17) is 4.74 Å². The molecule has 0 radical (unpaired) electrons. The first-order valence-electron chi connectivity index (χ1n) is 6.64. The van der Waals surface area contributed by atoms with Crippen LogP contribution in [-0.4, -0.2) is 36.8 Å². The second kappa shape index (κ2) is 8.07. The van der Waals surface area contributed by atoms with Crippen LogP contribution in [0.4, 0.5) is 10.5 Å². The molecule has 1 aromatic carbocycles. The molecule has 19 heavy (non-hydrogen) atoms. The van der Waals surface area contributed by atoms with Crippen molar-refractivity contribution in [3.8, 4) is 0 Å². The Hall–Kier alpha value is -1.20. The fraction of sp³-hybridized carbons (Fsp3) is 0.500. The number of urea groups is 1. The van der Waals surface area contributed by atoms with Gasteiger partial charge in [0.2, 0.25) is 0 Å². The van der Waals surface area contributed by atoms with Crippen LogP contribution < -0.4 is 10.6 Å². The van der Waals surface area contributed by atoms with Crippen LogP contribution in [0.15, 0.2) is 30.3 Å². The molecule has 1 aliphatic rings. The molecular weight excluding hydrogens is 260 g/mol. The van der Waals surface area contributed by atoms with Gasteiger partial charge in [-0.05, 0) is 25.0 Å². The SMILES string of the molecule is O=C(NCCSC1CCOCC1)Nc1ccccc1. The number of amides is 2. The number of nitrogens with one attached hydrogen (secondary N) is 2. The Labute approximate surface area is 118 Å². The molecule has 5 heteroatoms. The van der Waals surface area contributed by atoms with Crippen molar-refractivity contribution in [3.63, 3.8) is 0 Å². The lowest BCUT2D eigenvalue weighted by atomic mass is 10.2. The largest absolute Gasteiger partial charge is 0.381 e. The number of carbonyl (C=O) groups excluding carboxylic acids is 1. The topological polar surface area (TPSA) is 50.4 Å². The molecule has 0 saturated carbocycles. The van der Waals surface area contributed by atoms with Crippen molar-refractivity contribution in [2.24, 2.45) is 0 Å². The van der Waals surface area contributed by atoms with Crippen molar-refractivity contribution in [2.75, 3.05) is 30.8 Å². The number of rotatable bonds is 5. The zero-order chi connectivity index (χ0) is 13.3. The number of ether oxygens (including phenoxy) is 1. The quantitative estimate of drug-likeness (QED) is 0.815. The highest BCUT2D eigenvalue weighted by Gasteiger charge is 2.13. The number of thioether (sulfide) groups is 1. The van der Waals surface area contributed by atoms with E-state index < -0.39 is 0 Å². The highest BCUT2D eigenvalue weighted by Crippen LogP contribution is 2.21. The molecule has 1 heterocycles. The van der Waals surface area contributed by atoms with Gasteiger partial charge in [-0.25, -0.2) is 4.79 Å². The van der Waals surface area contributed by atoms with Crippen LogP contribution in [0.25, 0.3) is 0 Å². The van der Waals surface area contributed by atoms with Gasteiger partial charge in [-0.1, -0.05) is 18.2 Å². The fourth-order valence-electron chi connectivity index (χ4n) is 1.93. The lowest BCUT2D eigenvalue weighted by Crippen LogP contribution is -2.31. The Kier molecular flexibility index (Phi) is 6.04. The van der Waals surface area contributed by atoms with E-state index in [1.54, 1.807) is 0 Å². The Bertz CT molecular complexity index is 380. The summed E-state index contributed by atoms with van der Waals surface area (Å²) in [5.41, 5.74) is 0.817. The van der Waals surface area contributed by atoms with E-state index >= 15 is 0 Å². The van der Waals surface area contributed by atoms with Crippen molar-refractivity contribution in [3.05, 3.63) is 30.3 Å². The van der Waals surface area contributed by atoms with Crippen molar-refractivity contribution in [1.82, 2.24) is 5.32 Å². The van der Waals surface area contributed by atoms with E-state index in [9.17, 15) is 4.79 Å². The molecule has 2 amide bonds. The normalized spacial score (nSPS) is 16.0. The number of hydrogen-bond acceptors (Lipinski definition) is 3. The molecule has 0 bridgehead atoms. The number of para-hydroxylation sites is 1. The van der Waals surface area contributed by atoms with E-state index in [0.717, 1.165) is 37.5 Å². The summed E-state index contributed by atoms with van der Waals surface area (Å²) in [6.07, 6.45) is 2.25. The van der Waals surface area contributed by atoms with Crippen LogP contribution in [0.1, 0.15) is 12.8 Å². The van der Waals surface area contributed by atoms with E-state index in [0.29, 0.717) is 11.8 Å². The van der Waals surface area contributed by atoms with Gasteiger partial charge in [-0.2, -0.15) is 11.8 Å². The van der Waals surface area contributed by atoms with Gasteiger partial charge in [-0.3, -0.25) is 0 Å². The van der Waals surface area contributed by atoms with Crippen molar-refractivity contribution < 1.29 is 9.53 Å². The molecule has 2 rings (SSSR count). The van der Waals surface area contributed by atoms with Crippen LogP contribution >= 0.6 is 11.8 Å². The van der Waals surface area contributed by atoms with E-state index in [1.807, 2.05) is 42.1 Å². The molecule has 1 aliphatic heterocycles. The third-order valence-electron chi connectivity index (χ3n) is 2.94. The Morgan fingerprint density at radius 3 is 2.74 bits per heavy atom. The Morgan fingerprint density at radius 2 is 2.00 bits per heavy atom. The van der Waals surface area contributed by atoms with Gasteiger partial charge in [0.05, 0.1) is 0 Å². The minimum absolute atomic E-state index is 0.140. The van der Waals surface area contributed by atoms with Crippen LogP contribution in [0.3, 0.4) is 0 Å². The summed E-state index contributed by atoms with van der Waals surface area (Å²) in [6, 6.07) is 9.33. The third kappa shape index (κ3) is 5.53. The molecule has 1 aromatic rings. The van der Waals surface area contributed by atoms with Crippen LogP contribution in [-0.2, 0) is 4.74 Å². The second-order valence-electron chi connectivity index (χ2n) is 4.43. The molecule has 0 aliphatic carbocycles. The summed E-state index contributed by atoms with van der Waals surface area (Å²) in [5, 5.41) is 6.36. The molecule has 104 valence electrons. The molecule has 0 spiro atoms. The van der Waals surface area contributed by atoms with Crippen LogP contribution in [0, 0.1) is 0 Å². The van der Waals surface area contributed by atoms with Gasteiger partial charge in [0.15, 0.2) is 0 Å². The summed E-state index contributed by atoms with van der Waals surface area (Å²) in [7, 11) is 0. The first-order chi connectivity index (χ1) is 9.34. The average molecular weight is 280 g/mol. The monoisotopic (exact) mass is 280 g/mol. The summed E-state index contributed by atoms with van der Waals surface area (Å²) in [4.78, 5) is 11.6. The maximum Gasteiger partial charge on any atom is 0.319 e. The highest BCUT2D eigenvalue weighted by atomic mass is 32.2. The number of carbonyl (C=O) groups is 1. The van der Waals surface area contributed by atoms with Crippen molar-refractivity contribution >= 4 is 23.5 Å². The molecule has 2 N–H and O–H groups in total. The van der Waals surface area contributed by atoms with E-state index in [1.165, 1.54) is 0 Å². The lowest BCUT2D eigenvalue weighted by molar-refractivity contribution is 0.100. The minimum Gasteiger partial charge on any atom is -0.381 e. The van der Waals surface area contributed by atoms with Gasteiger partial charge < -0.3 is 15.4 Å². The van der Waals surface area contributed by atoms with Gasteiger partial charge in [0.1, 0.15) is 0 Å². The summed E-state index contributed by atoms with van der Waals surface area (Å²) in [5.74, 6) is 0.951. The van der Waals surface area contributed by atoms with E-state index in [2.05, 4.69) is 10.6 Å². The van der Waals surface area contributed by atoms with Gasteiger partial charge in [0.25, 0.3) is 0 Å². The van der Waals surface area contributed by atoms with Gasteiger partial charge in [-0.15, -0.1) is 0 Å². The van der Waals surface area contributed by atoms with Crippen LogP contribution in [0.2, 0.25) is 0 Å². The molecule has 0 aromatic heterocycles. The van der Waals surface area contributed by atoms with Gasteiger partial charge in [0, 0.05) is 36.4 Å². The standard InChI is InChI=1S/C14H20N2O2S/c17-14(16-12-4-2-1-3-5-12)15-8-11-19-13-6-9-18-10-7-13/h1-5,13H,6-11H2,(H2,15,16,17). The molecular formula is C14H20N2O2S. The number of anilines is 1. The predicted molar refractivity (Wildman–Crippen MR) is 79.8 cm³/mol. The lowest BCUT2D eigenvalue weighted by Gasteiger charge is -2.21. The molecule has 4 nitrogen and oxygen atoms in total. The maximum atomic E-state index is 11.6. The first kappa shape index (κ1) is 14.2. The summed E-state index contributed by atoms with van der Waals surface area (Å²) >= 11 is 1.92. The fourth-order valence-corrected chi connectivity index (χ4v) is 3.01. The first-order valence-corrected chi connectivity index (χ1v) is 7.69. The van der Waals surface area contributed by atoms with E-state index in [-0.39, 0.29) is 6.03 Å². The molecule has 0 unspecified atom stereocenters. The average Bonchev–Trinajstić information content (AvgIpc) is 2.46. The van der Waals surface area contributed by atoms with Crippen molar-refractivity contribution in [1.29, 1.82) is 0 Å². The minimum atomic E-state index is -0.140. The third-order valence-corrected chi connectivity index (χ3v) is 4.32. The second-order valence-corrected chi connectivity index (χ2v) is 5.84. The van der Waals surface area contributed by atoms with Crippen LogP contribution in [0.5, 0.6) is 0 Å². The summed E-state index contributed by atoms with van der Waals surface area (Å²) < 4.78 is 5.32.